The van der Waals surface area contributed by atoms with Gasteiger partial charge in [-0.05, 0) is 38.4 Å². The topological polar surface area (TPSA) is 35.5 Å². The van der Waals surface area contributed by atoms with Crippen LogP contribution in [0.4, 0.5) is 0 Å². The first kappa shape index (κ1) is 12.0. The van der Waals surface area contributed by atoms with Crippen molar-refractivity contribution in [2.45, 2.75) is 32.7 Å². The third-order valence-corrected chi connectivity index (χ3v) is 3.09. The van der Waals surface area contributed by atoms with Crippen molar-refractivity contribution in [2.75, 3.05) is 32.8 Å². The number of aliphatic hydroxyl groups is 1. The zero-order valence-electron chi connectivity index (χ0n) is 9.50. The fourth-order valence-corrected chi connectivity index (χ4v) is 2.10. The molecule has 2 N–H and O–H groups in total. The molecule has 1 rings (SSSR count). The SMILES string of the molecule is CCN1CCCC1CNCC(C)CO. The summed E-state index contributed by atoms with van der Waals surface area (Å²) >= 11 is 0. The zero-order chi connectivity index (χ0) is 10.4. The predicted molar refractivity (Wildman–Crippen MR) is 59.4 cm³/mol. The maximum Gasteiger partial charge on any atom is 0.0468 e. The van der Waals surface area contributed by atoms with Crippen molar-refractivity contribution >= 4 is 0 Å². The first-order valence-corrected chi connectivity index (χ1v) is 5.83. The average molecular weight is 200 g/mol. The molecule has 1 aliphatic rings. The van der Waals surface area contributed by atoms with Gasteiger partial charge in [0.1, 0.15) is 0 Å². The second kappa shape index (κ2) is 6.38. The van der Waals surface area contributed by atoms with Crippen LogP contribution in [0.3, 0.4) is 0 Å². The van der Waals surface area contributed by atoms with Crippen LogP contribution in [0, 0.1) is 5.92 Å². The Kier molecular flexibility index (Phi) is 5.45. The van der Waals surface area contributed by atoms with E-state index in [0.717, 1.165) is 19.1 Å². The molecule has 0 bridgehead atoms. The molecular weight excluding hydrogens is 176 g/mol. The van der Waals surface area contributed by atoms with E-state index in [9.17, 15) is 0 Å². The van der Waals surface area contributed by atoms with Crippen LogP contribution < -0.4 is 5.32 Å². The van der Waals surface area contributed by atoms with E-state index in [1.807, 2.05) is 0 Å². The van der Waals surface area contributed by atoms with Crippen molar-refractivity contribution in [3.8, 4) is 0 Å². The fourth-order valence-electron chi connectivity index (χ4n) is 2.10. The number of hydrogen-bond acceptors (Lipinski definition) is 3. The minimum atomic E-state index is 0.287. The number of likely N-dealkylation sites (tertiary alicyclic amines) is 1. The molecule has 0 aromatic heterocycles. The summed E-state index contributed by atoms with van der Waals surface area (Å²) in [4.78, 5) is 2.54. The molecule has 0 aliphatic carbocycles. The van der Waals surface area contributed by atoms with Crippen LogP contribution in [0.5, 0.6) is 0 Å². The molecule has 2 atom stereocenters. The van der Waals surface area contributed by atoms with Gasteiger partial charge in [-0.15, -0.1) is 0 Å². The normalized spacial score (nSPS) is 25.5. The van der Waals surface area contributed by atoms with Crippen molar-refractivity contribution in [1.82, 2.24) is 10.2 Å². The quantitative estimate of drug-likeness (QED) is 0.662. The lowest BCUT2D eigenvalue weighted by molar-refractivity contribution is 0.222. The molecule has 14 heavy (non-hydrogen) atoms. The lowest BCUT2D eigenvalue weighted by Crippen LogP contribution is -2.39. The summed E-state index contributed by atoms with van der Waals surface area (Å²) in [6, 6.07) is 0.728. The minimum Gasteiger partial charge on any atom is -0.396 e. The monoisotopic (exact) mass is 200 g/mol. The van der Waals surface area contributed by atoms with Crippen LogP contribution in [-0.2, 0) is 0 Å². The van der Waals surface area contributed by atoms with Crippen molar-refractivity contribution in [1.29, 1.82) is 0 Å². The molecule has 1 saturated heterocycles. The molecule has 0 aromatic carbocycles. The van der Waals surface area contributed by atoms with Gasteiger partial charge in [0.25, 0.3) is 0 Å². The summed E-state index contributed by atoms with van der Waals surface area (Å²) in [5, 5.41) is 12.3. The number of rotatable bonds is 6. The van der Waals surface area contributed by atoms with Crippen molar-refractivity contribution in [3.63, 3.8) is 0 Å². The second-order valence-electron chi connectivity index (χ2n) is 4.37. The van der Waals surface area contributed by atoms with Gasteiger partial charge in [-0.25, -0.2) is 0 Å². The Hall–Kier alpha value is -0.120. The summed E-state index contributed by atoms with van der Waals surface area (Å²) in [5.74, 6) is 0.381. The molecule has 3 heteroatoms. The van der Waals surface area contributed by atoms with Crippen molar-refractivity contribution in [3.05, 3.63) is 0 Å². The van der Waals surface area contributed by atoms with Gasteiger partial charge in [0.15, 0.2) is 0 Å². The number of likely N-dealkylation sites (N-methyl/N-ethyl adjacent to an activating group) is 1. The highest BCUT2D eigenvalue weighted by molar-refractivity contribution is 4.80. The highest BCUT2D eigenvalue weighted by Gasteiger charge is 2.22. The summed E-state index contributed by atoms with van der Waals surface area (Å²) in [5.41, 5.74) is 0. The van der Waals surface area contributed by atoms with Crippen molar-refractivity contribution in [2.24, 2.45) is 5.92 Å². The Morgan fingerprint density at radius 2 is 2.36 bits per heavy atom. The lowest BCUT2D eigenvalue weighted by atomic mass is 10.2. The van der Waals surface area contributed by atoms with E-state index in [1.165, 1.54) is 25.9 Å². The maximum absolute atomic E-state index is 8.87. The summed E-state index contributed by atoms with van der Waals surface area (Å²) in [6.45, 7) is 9.03. The fraction of sp³-hybridized carbons (Fsp3) is 1.00. The molecule has 0 radical (unpaired) electrons. The summed E-state index contributed by atoms with van der Waals surface area (Å²) in [7, 11) is 0. The lowest BCUT2D eigenvalue weighted by Gasteiger charge is -2.23. The highest BCUT2D eigenvalue weighted by atomic mass is 16.3. The van der Waals surface area contributed by atoms with E-state index in [1.54, 1.807) is 0 Å². The summed E-state index contributed by atoms with van der Waals surface area (Å²) in [6.07, 6.45) is 2.67. The average Bonchev–Trinajstić information content (AvgIpc) is 2.65. The van der Waals surface area contributed by atoms with E-state index in [4.69, 9.17) is 5.11 Å². The van der Waals surface area contributed by atoms with Gasteiger partial charge in [-0.3, -0.25) is 4.90 Å². The standard InChI is InChI=1S/C11H24N2O/c1-3-13-6-4-5-11(13)8-12-7-10(2)9-14/h10-12,14H,3-9H2,1-2H3. The maximum atomic E-state index is 8.87. The third kappa shape index (κ3) is 3.56. The summed E-state index contributed by atoms with van der Waals surface area (Å²) < 4.78 is 0. The molecule has 0 aromatic rings. The van der Waals surface area contributed by atoms with Gasteiger partial charge in [0, 0.05) is 19.2 Å². The zero-order valence-corrected chi connectivity index (χ0v) is 9.50. The van der Waals surface area contributed by atoms with Crippen LogP contribution in [0.1, 0.15) is 26.7 Å². The molecule has 1 aliphatic heterocycles. The van der Waals surface area contributed by atoms with Crippen LogP contribution in [0.15, 0.2) is 0 Å². The third-order valence-electron chi connectivity index (χ3n) is 3.09. The van der Waals surface area contributed by atoms with Gasteiger partial charge in [-0.1, -0.05) is 13.8 Å². The van der Waals surface area contributed by atoms with Gasteiger partial charge in [-0.2, -0.15) is 0 Å². The number of nitrogens with zero attached hydrogens (tertiary/aromatic N) is 1. The van der Waals surface area contributed by atoms with Crippen molar-refractivity contribution < 1.29 is 5.11 Å². The Morgan fingerprint density at radius 3 is 3.00 bits per heavy atom. The minimum absolute atomic E-state index is 0.287. The molecule has 1 fully saturated rings. The molecule has 0 amide bonds. The molecular formula is C11H24N2O. The van der Waals surface area contributed by atoms with E-state index >= 15 is 0 Å². The largest absolute Gasteiger partial charge is 0.396 e. The van der Waals surface area contributed by atoms with E-state index in [2.05, 4.69) is 24.1 Å². The predicted octanol–water partition coefficient (Wildman–Crippen LogP) is 0.689. The Balaban J connectivity index is 2.11. The Morgan fingerprint density at radius 1 is 1.57 bits per heavy atom. The molecule has 0 spiro atoms. The van der Waals surface area contributed by atoms with Crippen LogP contribution in [0.2, 0.25) is 0 Å². The van der Waals surface area contributed by atoms with Crippen LogP contribution in [-0.4, -0.2) is 48.8 Å². The molecule has 1 heterocycles. The van der Waals surface area contributed by atoms with E-state index in [0.29, 0.717) is 5.92 Å². The first-order chi connectivity index (χ1) is 6.77. The van der Waals surface area contributed by atoms with Gasteiger partial charge in [0.05, 0.1) is 0 Å². The smallest absolute Gasteiger partial charge is 0.0468 e. The number of aliphatic hydroxyl groups excluding tert-OH is 1. The molecule has 84 valence electrons. The number of nitrogens with one attached hydrogen (secondary N) is 1. The molecule has 2 unspecified atom stereocenters. The first-order valence-electron chi connectivity index (χ1n) is 5.83. The van der Waals surface area contributed by atoms with E-state index in [-0.39, 0.29) is 6.61 Å². The Bertz CT molecular complexity index is 152. The molecule has 3 nitrogen and oxygen atoms in total. The Labute approximate surface area is 87.5 Å². The number of hydrogen-bond donors (Lipinski definition) is 2. The van der Waals surface area contributed by atoms with Crippen LogP contribution >= 0.6 is 0 Å². The van der Waals surface area contributed by atoms with E-state index < -0.39 is 0 Å². The molecule has 0 saturated carbocycles. The van der Waals surface area contributed by atoms with Gasteiger partial charge < -0.3 is 10.4 Å². The second-order valence-corrected chi connectivity index (χ2v) is 4.37. The van der Waals surface area contributed by atoms with Gasteiger partial charge in [0.2, 0.25) is 0 Å². The van der Waals surface area contributed by atoms with Gasteiger partial charge >= 0.3 is 0 Å². The highest BCUT2D eigenvalue weighted by Crippen LogP contribution is 2.15. The van der Waals surface area contributed by atoms with Crippen LogP contribution in [0.25, 0.3) is 0 Å².